The van der Waals surface area contributed by atoms with Crippen LogP contribution in [0.2, 0.25) is 0 Å². The Morgan fingerprint density at radius 2 is 2.05 bits per heavy atom. The van der Waals surface area contributed by atoms with Crippen molar-refractivity contribution in [2.24, 2.45) is 5.92 Å². The number of likely N-dealkylation sites (tertiary alicyclic amines) is 1. The summed E-state index contributed by atoms with van der Waals surface area (Å²) in [6.07, 6.45) is 14.1. The van der Waals surface area contributed by atoms with Gasteiger partial charge in [-0.2, -0.15) is 0 Å². The summed E-state index contributed by atoms with van der Waals surface area (Å²) < 4.78 is 8.25. The maximum atomic E-state index is 12.7. The molecule has 7 nitrogen and oxygen atoms in total. The number of aromatic nitrogens is 3. The van der Waals surface area contributed by atoms with Crippen molar-refractivity contribution < 1.29 is 9.53 Å². The van der Waals surface area contributed by atoms with E-state index in [0.717, 1.165) is 72.9 Å². The van der Waals surface area contributed by atoms with Gasteiger partial charge >= 0.3 is 0 Å². The standard InChI is InChI=1S/C30H39N5O2/c1-4-8-23(9-5-2)12-13-27(36)34-17-14-24(15-18-34)16-19-37-20-22(3)35-21-32-28-29(35)25-10-6-7-11-26(25)33-30(28)31/h4-11,21-22,24H,1,12-20H2,2-3H3,(H2,31,33)/b9-5-,23-8+. The summed E-state index contributed by atoms with van der Waals surface area (Å²) in [5.41, 5.74) is 9.93. The third kappa shape index (κ3) is 6.46. The van der Waals surface area contributed by atoms with Crippen LogP contribution in [0.1, 0.15) is 52.0 Å². The van der Waals surface area contributed by atoms with Crippen LogP contribution in [-0.4, -0.2) is 51.6 Å². The maximum Gasteiger partial charge on any atom is 0.222 e. The molecule has 0 aliphatic carbocycles. The van der Waals surface area contributed by atoms with Crippen molar-refractivity contribution >= 4 is 33.7 Å². The van der Waals surface area contributed by atoms with Gasteiger partial charge in [0.25, 0.3) is 0 Å². The Morgan fingerprint density at radius 3 is 2.81 bits per heavy atom. The molecule has 1 aliphatic heterocycles. The number of imidazole rings is 1. The van der Waals surface area contributed by atoms with Gasteiger partial charge in [0.2, 0.25) is 5.91 Å². The molecule has 1 aliphatic rings. The zero-order chi connectivity index (χ0) is 26.2. The number of para-hydroxylation sites is 1. The molecule has 37 heavy (non-hydrogen) atoms. The molecule has 7 heteroatoms. The van der Waals surface area contributed by atoms with Gasteiger partial charge in [-0.05, 0) is 57.1 Å². The van der Waals surface area contributed by atoms with E-state index in [0.29, 0.717) is 24.8 Å². The first-order chi connectivity index (χ1) is 18.0. The lowest BCUT2D eigenvalue weighted by Gasteiger charge is -2.32. The van der Waals surface area contributed by atoms with E-state index in [-0.39, 0.29) is 11.9 Å². The van der Waals surface area contributed by atoms with Gasteiger partial charge in [0.15, 0.2) is 5.82 Å². The van der Waals surface area contributed by atoms with Gasteiger partial charge in [0.1, 0.15) is 5.52 Å². The molecule has 4 rings (SSSR count). The molecule has 0 spiro atoms. The smallest absolute Gasteiger partial charge is 0.222 e. The van der Waals surface area contributed by atoms with Crippen molar-refractivity contribution in [3.63, 3.8) is 0 Å². The number of nitrogens with zero attached hydrogens (tertiary/aromatic N) is 4. The van der Waals surface area contributed by atoms with E-state index in [2.05, 4.69) is 34.1 Å². The van der Waals surface area contributed by atoms with Crippen molar-refractivity contribution in [3.8, 4) is 0 Å². The molecule has 0 radical (unpaired) electrons. The number of rotatable bonds is 11. The molecule has 1 atom stereocenters. The SMILES string of the molecule is C=C/C=C(\C=C/C)CCC(=O)N1CCC(CCOCC(C)n2cnc3c(N)nc4ccccc4c32)CC1. The average molecular weight is 502 g/mol. The minimum absolute atomic E-state index is 0.122. The quantitative estimate of drug-likeness (QED) is 0.263. The molecule has 3 aromatic rings. The fraction of sp³-hybridized carbons (Fsp3) is 0.433. The Hall–Kier alpha value is -3.45. The number of anilines is 1. The molecule has 1 saturated heterocycles. The summed E-state index contributed by atoms with van der Waals surface area (Å²) in [7, 11) is 0. The number of fused-ring (bicyclic) bond motifs is 3. The summed E-state index contributed by atoms with van der Waals surface area (Å²) in [6.45, 7) is 10.9. The van der Waals surface area contributed by atoms with Gasteiger partial charge in [0, 0.05) is 31.5 Å². The molecule has 1 aromatic carbocycles. The van der Waals surface area contributed by atoms with Gasteiger partial charge in [-0.25, -0.2) is 9.97 Å². The zero-order valence-corrected chi connectivity index (χ0v) is 22.1. The second-order valence-corrected chi connectivity index (χ2v) is 9.88. The number of allylic oxidation sites excluding steroid dienone is 5. The Balaban J connectivity index is 1.22. The van der Waals surface area contributed by atoms with Gasteiger partial charge < -0.3 is 19.9 Å². The predicted octanol–water partition coefficient (Wildman–Crippen LogP) is 5.84. The average Bonchev–Trinajstić information content (AvgIpc) is 3.37. The number of ether oxygens (including phenoxy) is 1. The molecule has 196 valence electrons. The number of amides is 1. The minimum atomic E-state index is 0.122. The summed E-state index contributed by atoms with van der Waals surface area (Å²) in [4.78, 5) is 23.7. The van der Waals surface area contributed by atoms with E-state index in [1.54, 1.807) is 6.08 Å². The fourth-order valence-corrected chi connectivity index (χ4v) is 5.16. The number of hydrogen-bond acceptors (Lipinski definition) is 5. The van der Waals surface area contributed by atoms with Gasteiger partial charge in [-0.3, -0.25) is 4.79 Å². The normalized spacial score (nSPS) is 16.2. The molecule has 3 heterocycles. The zero-order valence-electron chi connectivity index (χ0n) is 22.1. The first-order valence-electron chi connectivity index (χ1n) is 13.3. The molecule has 1 unspecified atom stereocenters. The highest BCUT2D eigenvalue weighted by molar-refractivity contribution is 6.06. The van der Waals surface area contributed by atoms with Gasteiger partial charge in [-0.1, -0.05) is 49.1 Å². The van der Waals surface area contributed by atoms with Crippen molar-refractivity contribution in [2.75, 3.05) is 32.0 Å². The van der Waals surface area contributed by atoms with Crippen LogP contribution in [0.5, 0.6) is 0 Å². The second-order valence-electron chi connectivity index (χ2n) is 9.88. The highest BCUT2D eigenvalue weighted by Crippen LogP contribution is 2.29. The van der Waals surface area contributed by atoms with Crippen molar-refractivity contribution in [2.45, 2.75) is 52.0 Å². The van der Waals surface area contributed by atoms with Crippen LogP contribution in [0.3, 0.4) is 0 Å². The first kappa shape index (κ1) is 26.6. The van der Waals surface area contributed by atoms with E-state index in [9.17, 15) is 4.79 Å². The third-order valence-electron chi connectivity index (χ3n) is 7.25. The van der Waals surface area contributed by atoms with Gasteiger partial charge in [0.05, 0.1) is 30.0 Å². The second kappa shape index (κ2) is 12.7. The minimum Gasteiger partial charge on any atom is -0.382 e. The van der Waals surface area contributed by atoms with Crippen LogP contribution >= 0.6 is 0 Å². The van der Waals surface area contributed by atoms with Crippen molar-refractivity contribution in [1.82, 2.24) is 19.4 Å². The van der Waals surface area contributed by atoms with Crippen LogP contribution in [0.15, 0.2) is 67.0 Å². The van der Waals surface area contributed by atoms with Crippen molar-refractivity contribution in [3.05, 3.63) is 67.0 Å². The van der Waals surface area contributed by atoms with Crippen LogP contribution < -0.4 is 5.73 Å². The monoisotopic (exact) mass is 501 g/mol. The van der Waals surface area contributed by atoms with E-state index < -0.39 is 0 Å². The summed E-state index contributed by atoms with van der Waals surface area (Å²) in [5, 5.41) is 1.05. The number of piperidine rings is 1. The number of carbonyl (C=O) groups excluding carboxylic acids is 1. The topological polar surface area (TPSA) is 86.3 Å². The summed E-state index contributed by atoms with van der Waals surface area (Å²) in [6, 6.07) is 8.14. The fourth-order valence-electron chi connectivity index (χ4n) is 5.16. The van der Waals surface area contributed by atoms with Crippen LogP contribution in [0, 0.1) is 5.92 Å². The molecule has 0 bridgehead atoms. The lowest BCUT2D eigenvalue weighted by atomic mass is 9.93. The highest BCUT2D eigenvalue weighted by atomic mass is 16.5. The Labute approximate surface area is 219 Å². The Bertz CT molecular complexity index is 1280. The highest BCUT2D eigenvalue weighted by Gasteiger charge is 2.23. The first-order valence-corrected chi connectivity index (χ1v) is 13.3. The number of hydrogen-bond donors (Lipinski definition) is 1. The largest absolute Gasteiger partial charge is 0.382 e. The van der Waals surface area contributed by atoms with Crippen LogP contribution in [0.4, 0.5) is 5.82 Å². The molecule has 2 N–H and O–H groups in total. The number of benzene rings is 1. The summed E-state index contributed by atoms with van der Waals surface area (Å²) >= 11 is 0. The third-order valence-corrected chi connectivity index (χ3v) is 7.25. The van der Waals surface area contributed by atoms with E-state index in [1.165, 1.54) is 0 Å². The number of nitrogens with two attached hydrogens (primary N) is 1. The van der Waals surface area contributed by atoms with Crippen molar-refractivity contribution in [1.29, 1.82) is 0 Å². The van der Waals surface area contributed by atoms with Gasteiger partial charge in [-0.15, -0.1) is 0 Å². The van der Waals surface area contributed by atoms with Crippen LogP contribution in [0.25, 0.3) is 21.9 Å². The number of carbonyl (C=O) groups is 1. The van der Waals surface area contributed by atoms with E-state index >= 15 is 0 Å². The Morgan fingerprint density at radius 1 is 1.27 bits per heavy atom. The predicted molar refractivity (Wildman–Crippen MR) is 151 cm³/mol. The summed E-state index contributed by atoms with van der Waals surface area (Å²) in [5.74, 6) is 1.30. The number of pyridine rings is 1. The molecular formula is C30H39N5O2. The van der Waals surface area contributed by atoms with Crippen LogP contribution in [-0.2, 0) is 9.53 Å². The lowest BCUT2D eigenvalue weighted by Crippen LogP contribution is -2.38. The Kier molecular flexibility index (Phi) is 9.12. The molecule has 1 amide bonds. The van der Waals surface area contributed by atoms with E-state index in [4.69, 9.17) is 10.5 Å². The van der Waals surface area contributed by atoms with E-state index in [1.807, 2.05) is 54.6 Å². The lowest BCUT2D eigenvalue weighted by molar-refractivity contribution is -0.132. The number of nitrogen functional groups attached to an aromatic ring is 1. The maximum absolute atomic E-state index is 12.7. The molecule has 0 saturated carbocycles. The molecular weight excluding hydrogens is 462 g/mol. The molecule has 1 fully saturated rings. The molecule has 2 aromatic heterocycles.